The normalized spacial score (nSPS) is 10.4. The minimum Gasteiger partial charge on any atom is -0.207 e. The first kappa shape index (κ1) is 11.2. The average Bonchev–Trinajstić information content (AvgIpc) is 2.28. The van der Waals surface area contributed by atoms with Crippen molar-refractivity contribution in [1.82, 2.24) is 0 Å². The van der Waals surface area contributed by atoms with Gasteiger partial charge in [0.05, 0.1) is 0 Å². The van der Waals surface area contributed by atoms with E-state index in [1.165, 1.54) is 17.7 Å². The van der Waals surface area contributed by atoms with Crippen molar-refractivity contribution in [3.8, 4) is 11.1 Å². The van der Waals surface area contributed by atoms with Gasteiger partial charge in [-0.15, -0.1) is 0 Å². The summed E-state index contributed by atoms with van der Waals surface area (Å²) >= 11 is 5.82. The number of hydrogen-bond acceptors (Lipinski definition) is 0. The van der Waals surface area contributed by atoms with Gasteiger partial charge in [0.2, 0.25) is 0 Å². The summed E-state index contributed by atoms with van der Waals surface area (Å²) in [5.41, 5.74) is 3.07. The Balaban J connectivity index is 2.42. The molecule has 0 aromatic heterocycles. The molecule has 2 rings (SSSR count). The molecule has 0 nitrogen and oxygen atoms in total. The van der Waals surface area contributed by atoms with E-state index >= 15 is 0 Å². The largest absolute Gasteiger partial charge is 0.207 e. The van der Waals surface area contributed by atoms with E-state index in [1.54, 1.807) is 6.07 Å². The van der Waals surface area contributed by atoms with Crippen LogP contribution in [0.3, 0.4) is 0 Å². The zero-order valence-electron chi connectivity index (χ0n) is 9.00. The molecule has 0 aliphatic rings. The van der Waals surface area contributed by atoms with Crippen LogP contribution in [0.2, 0.25) is 5.02 Å². The molecule has 0 saturated carbocycles. The van der Waals surface area contributed by atoms with Gasteiger partial charge in [-0.05, 0) is 41.3 Å². The number of rotatable bonds is 2. The van der Waals surface area contributed by atoms with E-state index in [-0.39, 0.29) is 5.82 Å². The summed E-state index contributed by atoms with van der Waals surface area (Å²) in [5.74, 6) is -0.304. The summed E-state index contributed by atoms with van der Waals surface area (Å²) in [5, 5.41) is 0.426. The molecule has 82 valence electrons. The molecule has 0 aliphatic carbocycles. The second-order valence-corrected chi connectivity index (χ2v) is 4.15. The van der Waals surface area contributed by atoms with Gasteiger partial charge in [-0.25, -0.2) is 4.39 Å². The zero-order chi connectivity index (χ0) is 11.5. The Hall–Kier alpha value is -1.34. The standard InChI is InChI=1S/C14H12ClF/c1-2-10-3-5-11(6-4-10)12-7-13(15)9-14(16)8-12/h3-9H,2H2,1H3. The quantitative estimate of drug-likeness (QED) is 0.706. The molecule has 0 N–H and O–H groups in total. The van der Waals surface area contributed by atoms with Crippen molar-refractivity contribution in [3.63, 3.8) is 0 Å². The highest BCUT2D eigenvalue weighted by atomic mass is 35.5. The highest BCUT2D eigenvalue weighted by molar-refractivity contribution is 6.30. The second-order valence-electron chi connectivity index (χ2n) is 3.71. The first-order valence-electron chi connectivity index (χ1n) is 5.24. The summed E-state index contributed by atoms with van der Waals surface area (Å²) in [6.07, 6.45) is 1.00. The Labute approximate surface area is 99.7 Å². The Kier molecular flexibility index (Phi) is 3.25. The van der Waals surface area contributed by atoms with E-state index in [9.17, 15) is 4.39 Å². The summed E-state index contributed by atoms with van der Waals surface area (Å²) in [6, 6.07) is 12.7. The van der Waals surface area contributed by atoms with Crippen molar-refractivity contribution in [1.29, 1.82) is 0 Å². The lowest BCUT2D eigenvalue weighted by Gasteiger charge is -2.04. The van der Waals surface area contributed by atoms with Crippen LogP contribution in [-0.4, -0.2) is 0 Å². The number of aryl methyl sites for hydroxylation is 1. The first-order chi connectivity index (χ1) is 7.69. The summed E-state index contributed by atoms with van der Waals surface area (Å²) < 4.78 is 13.2. The fraction of sp³-hybridized carbons (Fsp3) is 0.143. The maximum atomic E-state index is 13.2. The van der Waals surface area contributed by atoms with Crippen molar-refractivity contribution in [2.24, 2.45) is 0 Å². The van der Waals surface area contributed by atoms with Crippen molar-refractivity contribution < 1.29 is 4.39 Å². The van der Waals surface area contributed by atoms with Crippen LogP contribution < -0.4 is 0 Å². The van der Waals surface area contributed by atoms with Crippen LogP contribution in [0.25, 0.3) is 11.1 Å². The fourth-order valence-electron chi connectivity index (χ4n) is 1.65. The molecule has 0 saturated heterocycles. The Morgan fingerprint density at radius 2 is 1.69 bits per heavy atom. The molecule has 0 bridgehead atoms. The molecule has 0 radical (unpaired) electrons. The maximum Gasteiger partial charge on any atom is 0.125 e. The molecule has 2 heteroatoms. The predicted molar refractivity (Wildman–Crippen MR) is 66.2 cm³/mol. The van der Waals surface area contributed by atoms with Crippen LogP contribution in [0.15, 0.2) is 42.5 Å². The zero-order valence-corrected chi connectivity index (χ0v) is 9.76. The third kappa shape index (κ3) is 2.42. The summed E-state index contributed by atoms with van der Waals surface area (Å²) in [6.45, 7) is 2.11. The smallest absolute Gasteiger partial charge is 0.125 e. The van der Waals surface area contributed by atoms with E-state index in [4.69, 9.17) is 11.6 Å². The minimum absolute atomic E-state index is 0.304. The van der Waals surface area contributed by atoms with Crippen LogP contribution in [0.1, 0.15) is 12.5 Å². The van der Waals surface area contributed by atoms with E-state index in [0.29, 0.717) is 5.02 Å². The molecular formula is C14H12ClF. The van der Waals surface area contributed by atoms with Gasteiger partial charge in [-0.3, -0.25) is 0 Å². The fourth-order valence-corrected chi connectivity index (χ4v) is 1.88. The highest BCUT2D eigenvalue weighted by Crippen LogP contribution is 2.24. The van der Waals surface area contributed by atoms with Crippen LogP contribution in [0, 0.1) is 5.82 Å². The van der Waals surface area contributed by atoms with Gasteiger partial charge in [0.1, 0.15) is 5.82 Å². The van der Waals surface area contributed by atoms with Crippen LogP contribution in [-0.2, 0) is 6.42 Å². The third-order valence-corrected chi connectivity index (χ3v) is 2.78. The lowest BCUT2D eigenvalue weighted by molar-refractivity contribution is 0.628. The van der Waals surface area contributed by atoms with Gasteiger partial charge in [0.15, 0.2) is 0 Å². The molecule has 16 heavy (non-hydrogen) atoms. The SMILES string of the molecule is CCc1ccc(-c2cc(F)cc(Cl)c2)cc1. The van der Waals surface area contributed by atoms with E-state index < -0.39 is 0 Å². The molecular weight excluding hydrogens is 223 g/mol. The number of benzene rings is 2. The Morgan fingerprint density at radius 3 is 2.25 bits per heavy atom. The molecule has 0 aliphatic heterocycles. The van der Waals surface area contributed by atoms with E-state index in [1.807, 2.05) is 24.3 Å². The van der Waals surface area contributed by atoms with E-state index in [2.05, 4.69) is 6.92 Å². The Bertz CT molecular complexity index is 468. The lowest BCUT2D eigenvalue weighted by Crippen LogP contribution is -1.83. The van der Waals surface area contributed by atoms with Crippen LogP contribution >= 0.6 is 11.6 Å². The highest BCUT2D eigenvalue weighted by Gasteiger charge is 2.02. The molecule has 0 amide bonds. The molecule has 0 fully saturated rings. The van der Waals surface area contributed by atoms with Crippen molar-refractivity contribution in [2.75, 3.05) is 0 Å². The predicted octanol–water partition coefficient (Wildman–Crippen LogP) is 4.71. The molecule has 0 atom stereocenters. The first-order valence-corrected chi connectivity index (χ1v) is 5.62. The maximum absolute atomic E-state index is 13.2. The van der Waals surface area contributed by atoms with Gasteiger partial charge in [-0.2, -0.15) is 0 Å². The van der Waals surface area contributed by atoms with Gasteiger partial charge in [0, 0.05) is 5.02 Å². The van der Waals surface area contributed by atoms with Gasteiger partial charge in [0.25, 0.3) is 0 Å². The van der Waals surface area contributed by atoms with Gasteiger partial charge < -0.3 is 0 Å². The monoisotopic (exact) mass is 234 g/mol. The van der Waals surface area contributed by atoms with E-state index in [0.717, 1.165) is 17.5 Å². The van der Waals surface area contributed by atoms with Gasteiger partial charge >= 0.3 is 0 Å². The second kappa shape index (κ2) is 4.67. The van der Waals surface area contributed by atoms with Crippen molar-refractivity contribution >= 4 is 11.6 Å². The number of halogens is 2. The molecule has 0 heterocycles. The topological polar surface area (TPSA) is 0 Å². The minimum atomic E-state index is -0.304. The molecule has 2 aromatic rings. The van der Waals surface area contributed by atoms with Crippen LogP contribution in [0.5, 0.6) is 0 Å². The average molecular weight is 235 g/mol. The van der Waals surface area contributed by atoms with Crippen LogP contribution in [0.4, 0.5) is 4.39 Å². The van der Waals surface area contributed by atoms with Crippen molar-refractivity contribution in [2.45, 2.75) is 13.3 Å². The Morgan fingerprint density at radius 1 is 1.00 bits per heavy atom. The molecule has 2 aromatic carbocycles. The summed E-state index contributed by atoms with van der Waals surface area (Å²) in [7, 11) is 0. The van der Waals surface area contributed by atoms with Crippen molar-refractivity contribution in [3.05, 3.63) is 58.9 Å². The number of hydrogen-bond donors (Lipinski definition) is 0. The lowest BCUT2D eigenvalue weighted by atomic mass is 10.0. The van der Waals surface area contributed by atoms with Gasteiger partial charge in [-0.1, -0.05) is 42.8 Å². The molecule has 0 spiro atoms. The summed E-state index contributed by atoms with van der Waals surface area (Å²) in [4.78, 5) is 0. The third-order valence-electron chi connectivity index (χ3n) is 2.56. The molecule has 0 unspecified atom stereocenters.